The quantitative estimate of drug-likeness (QED) is 0.829. The minimum Gasteiger partial charge on any atom is -0.485 e. The highest BCUT2D eigenvalue weighted by Gasteiger charge is 2.06. The van der Waals surface area contributed by atoms with Crippen molar-refractivity contribution in [1.82, 2.24) is 15.1 Å². The number of aromatic nitrogens is 2. The molecule has 0 saturated heterocycles. The first-order valence-electron chi connectivity index (χ1n) is 5.68. The zero-order chi connectivity index (χ0) is 12.1. The number of hydrogen-bond acceptors (Lipinski definition) is 4. The van der Waals surface area contributed by atoms with Gasteiger partial charge >= 0.3 is 0 Å². The van der Waals surface area contributed by atoms with E-state index >= 15 is 0 Å². The van der Waals surface area contributed by atoms with E-state index < -0.39 is 0 Å². The maximum Gasteiger partial charge on any atom is 0.157 e. The molecule has 0 aliphatic carbocycles. The highest BCUT2D eigenvalue weighted by Crippen LogP contribution is 2.15. The number of nitrogens with one attached hydrogen (secondary N) is 1. The molecule has 0 aliphatic rings. The summed E-state index contributed by atoms with van der Waals surface area (Å²) in [5.41, 5.74) is 1.06. The molecule has 0 atom stereocenters. The summed E-state index contributed by atoms with van der Waals surface area (Å²) in [4.78, 5) is 0. The van der Waals surface area contributed by atoms with E-state index in [1.807, 2.05) is 30.9 Å². The number of furan rings is 1. The van der Waals surface area contributed by atoms with Gasteiger partial charge in [0.2, 0.25) is 0 Å². The second-order valence-electron chi connectivity index (χ2n) is 3.72. The van der Waals surface area contributed by atoms with E-state index in [1.165, 1.54) is 0 Å². The van der Waals surface area contributed by atoms with Crippen molar-refractivity contribution in [2.24, 2.45) is 0 Å². The first kappa shape index (κ1) is 11.7. The number of aryl methyl sites for hydroxylation is 1. The van der Waals surface area contributed by atoms with Crippen LogP contribution in [0.3, 0.4) is 0 Å². The first-order chi connectivity index (χ1) is 8.33. The topological polar surface area (TPSA) is 52.2 Å². The molecule has 5 nitrogen and oxygen atoms in total. The van der Waals surface area contributed by atoms with Crippen molar-refractivity contribution in [2.75, 3.05) is 7.05 Å². The third-order valence-corrected chi connectivity index (χ3v) is 2.50. The normalized spacial score (nSPS) is 10.7. The molecule has 0 radical (unpaired) electrons. The molecule has 0 bridgehead atoms. The van der Waals surface area contributed by atoms with Crippen LogP contribution in [-0.2, 0) is 19.7 Å². The van der Waals surface area contributed by atoms with Gasteiger partial charge in [0.05, 0.1) is 25.2 Å². The molecule has 2 heterocycles. The highest BCUT2D eigenvalue weighted by molar-refractivity contribution is 5.18. The fraction of sp³-hybridized carbons (Fsp3) is 0.417. The average molecular weight is 235 g/mol. The minimum atomic E-state index is 0.503. The molecule has 0 saturated carbocycles. The van der Waals surface area contributed by atoms with Crippen molar-refractivity contribution in [3.8, 4) is 5.75 Å². The lowest BCUT2D eigenvalue weighted by Gasteiger charge is -2.03. The Kier molecular flexibility index (Phi) is 3.82. The fourth-order valence-corrected chi connectivity index (χ4v) is 1.56. The monoisotopic (exact) mass is 235 g/mol. The van der Waals surface area contributed by atoms with E-state index in [0.717, 1.165) is 23.6 Å². The zero-order valence-electron chi connectivity index (χ0n) is 10.1. The summed E-state index contributed by atoms with van der Waals surface area (Å²) in [5, 5.41) is 7.21. The third-order valence-electron chi connectivity index (χ3n) is 2.50. The van der Waals surface area contributed by atoms with Crippen molar-refractivity contribution in [1.29, 1.82) is 0 Å². The first-order valence-corrected chi connectivity index (χ1v) is 5.68. The van der Waals surface area contributed by atoms with Gasteiger partial charge in [-0.2, -0.15) is 5.10 Å². The van der Waals surface area contributed by atoms with E-state index in [0.29, 0.717) is 13.2 Å². The summed E-state index contributed by atoms with van der Waals surface area (Å²) in [6, 6.07) is 1.93. The second kappa shape index (κ2) is 5.54. The molecule has 0 amide bonds. The smallest absolute Gasteiger partial charge is 0.157 e. The summed E-state index contributed by atoms with van der Waals surface area (Å²) in [5.74, 6) is 1.69. The third kappa shape index (κ3) is 2.88. The van der Waals surface area contributed by atoms with Crippen LogP contribution >= 0.6 is 0 Å². The molecule has 0 spiro atoms. The Morgan fingerprint density at radius 3 is 3.12 bits per heavy atom. The van der Waals surface area contributed by atoms with Gasteiger partial charge in [-0.05, 0) is 20.0 Å². The van der Waals surface area contributed by atoms with Crippen LogP contribution in [0.4, 0.5) is 0 Å². The van der Waals surface area contributed by atoms with Crippen LogP contribution in [0.2, 0.25) is 0 Å². The summed E-state index contributed by atoms with van der Waals surface area (Å²) in [6.07, 6.45) is 5.29. The Morgan fingerprint density at radius 1 is 1.53 bits per heavy atom. The molecule has 0 fully saturated rings. The molecular weight excluding hydrogens is 218 g/mol. The van der Waals surface area contributed by atoms with E-state index in [4.69, 9.17) is 9.15 Å². The van der Waals surface area contributed by atoms with Gasteiger partial charge in [-0.1, -0.05) is 0 Å². The lowest BCUT2D eigenvalue weighted by atomic mass is 10.2. The van der Waals surface area contributed by atoms with Crippen molar-refractivity contribution >= 4 is 0 Å². The van der Waals surface area contributed by atoms with Gasteiger partial charge in [-0.25, -0.2) is 0 Å². The van der Waals surface area contributed by atoms with E-state index in [1.54, 1.807) is 12.5 Å². The summed E-state index contributed by atoms with van der Waals surface area (Å²) in [6.45, 7) is 4.10. The summed E-state index contributed by atoms with van der Waals surface area (Å²) < 4.78 is 12.8. The fourth-order valence-electron chi connectivity index (χ4n) is 1.56. The standard InChI is InChI=1S/C12H17N3O2/c1-3-15-8-11(6-14-15)17-9-10-4-5-16-12(10)7-13-2/h4-6,8,13H,3,7,9H2,1-2H3. The molecule has 2 rings (SSSR count). The predicted molar refractivity (Wildman–Crippen MR) is 63.7 cm³/mol. The average Bonchev–Trinajstić information content (AvgIpc) is 2.95. The van der Waals surface area contributed by atoms with Crippen LogP contribution in [0, 0.1) is 0 Å². The molecule has 0 aromatic carbocycles. The lowest BCUT2D eigenvalue weighted by Crippen LogP contribution is -2.07. The van der Waals surface area contributed by atoms with Gasteiger partial charge in [0, 0.05) is 12.1 Å². The van der Waals surface area contributed by atoms with Crippen LogP contribution in [0.5, 0.6) is 5.75 Å². The van der Waals surface area contributed by atoms with E-state index in [-0.39, 0.29) is 0 Å². The van der Waals surface area contributed by atoms with Gasteiger partial charge in [0.15, 0.2) is 5.75 Å². The van der Waals surface area contributed by atoms with Gasteiger partial charge in [0.25, 0.3) is 0 Å². The van der Waals surface area contributed by atoms with Gasteiger partial charge in [0.1, 0.15) is 12.4 Å². The van der Waals surface area contributed by atoms with Gasteiger partial charge in [-0.15, -0.1) is 0 Å². The Bertz CT molecular complexity index is 462. The van der Waals surface area contributed by atoms with Crippen LogP contribution in [0.25, 0.3) is 0 Å². The summed E-state index contributed by atoms with van der Waals surface area (Å²) >= 11 is 0. The second-order valence-corrected chi connectivity index (χ2v) is 3.72. The number of rotatable bonds is 6. The SMILES string of the molecule is CCn1cc(OCc2ccoc2CNC)cn1. The zero-order valence-corrected chi connectivity index (χ0v) is 10.1. The minimum absolute atomic E-state index is 0.503. The molecule has 5 heteroatoms. The molecule has 2 aromatic heterocycles. The van der Waals surface area contributed by atoms with Crippen molar-refractivity contribution in [3.63, 3.8) is 0 Å². The molecule has 1 N–H and O–H groups in total. The lowest BCUT2D eigenvalue weighted by molar-refractivity contribution is 0.301. The van der Waals surface area contributed by atoms with Crippen molar-refractivity contribution in [2.45, 2.75) is 26.6 Å². The van der Waals surface area contributed by atoms with Crippen LogP contribution in [0.15, 0.2) is 29.1 Å². The molecule has 0 unspecified atom stereocenters. The molecule has 17 heavy (non-hydrogen) atoms. The van der Waals surface area contributed by atoms with Crippen molar-refractivity contribution in [3.05, 3.63) is 36.0 Å². The number of ether oxygens (including phenoxy) is 1. The van der Waals surface area contributed by atoms with Gasteiger partial charge < -0.3 is 14.5 Å². The van der Waals surface area contributed by atoms with E-state index in [9.17, 15) is 0 Å². The Morgan fingerprint density at radius 2 is 2.41 bits per heavy atom. The highest BCUT2D eigenvalue weighted by atomic mass is 16.5. The Hall–Kier alpha value is -1.75. The number of nitrogens with zero attached hydrogens (tertiary/aromatic N) is 2. The molecule has 0 aliphatic heterocycles. The van der Waals surface area contributed by atoms with Crippen LogP contribution in [0.1, 0.15) is 18.2 Å². The molecule has 92 valence electrons. The van der Waals surface area contributed by atoms with E-state index in [2.05, 4.69) is 10.4 Å². The molecule has 2 aromatic rings. The van der Waals surface area contributed by atoms with Crippen molar-refractivity contribution < 1.29 is 9.15 Å². The summed E-state index contributed by atoms with van der Waals surface area (Å²) in [7, 11) is 1.89. The van der Waals surface area contributed by atoms with Crippen LogP contribution in [-0.4, -0.2) is 16.8 Å². The Balaban J connectivity index is 1.94. The maximum atomic E-state index is 5.65. The van der Waals surface area contributed by atoms with Gasteiger partial charge in [-0.3, -0.25) is 4.68 Å². The number of hydrogen-bond donors (Lipinski definition) is 1. The maximum absolute atomic E-state index is 5.65. The Labute approximate surface area is 100 Å². The van der Waals surface area contributed by atoms with Crippen LogP contribution < -0.4 is 10.1 Å². The molecular formula is C12H17N3O2. The largest absolute Gasteiger partial charge is 0.485 e. The predicted octanol–water partition coefficient (Wildman–Crippen LogP) is 1.79.